The van der Waals surface area contributed by atoms with Gasteiger partial charge in [0.25, 0.3) is 5.91 Å². The second-order valence-electron chi connectivity index (χ2n) is 7.64. The molecule has 5 rings (SSSR count). The molecule has 1 aliphatic heterocycles. The Balaban J connectivity index is 1.44. The van der Waals surface area contributed by atoms with Gasteiger partial charge in [-0.25, -0.2) is 19.9 Å². The van der Waals surface area contributed by atoms with Crippen molar-refractivity contribution >= 4 is 29.2 Å². The van der Waals surface area contributed by atoms with Gasteiger partial charge in [-0.1, -0.05) is 43.5 Å². The summed E-state index contributed by atoms with van der Waals surface area (Å²) in [7, 11) is 0. The third-order valence-electron chi connectivity index (χ3n) is 5.63. The van der Waals surface area contributed by atoms with E-state index in [9.17, 15) is 14.4 Å². The quantitative estimate of drug-likeness (QED) is 0.611. The first-order chi connectivity index (χ1) is 15.1. The molecule has 10 heteroatoms. The Morgan fingerprint density at radius 3 is 2.55 bits per heavy atom. The van der Waals surface area contributed by atoms with Crippen molar-refractivity contribution in [2.45, 2.75) is 37.6 Å². The molecule has 1 spiro atoms. The number of benzene rings is 1. The molecule has 1 saturated heterocycles. The molecule has 0 radical (unpaired) electrons. The van der Waals surface area contributed by atoms with E-state index in [4.69, 9.17) is 0 Å². The molecule has 31 heavy (non-hydrogen) atoms. The topological polar surface area (TPSA) is 109 Å². The fraction of sp³-hybridized carbons (Fsp3) is 0.286. The Hall–Kier alpha value is -3.53. The number of nitrogens with one attached hydrogen (secondary N) is 2. The number of imide groups is 1. The van der Waals surface area contributed by atoms with Gasteiger partial charge >= 0.3 is 11.9 Å². The van der Waals surface area contributed by atoms with E-state index in [0.29, 0.717) is 18.7 Å². The number of carbonyl (C=O) groups excluding carboxylic acids is 3. The van der Waals surface area contributed by atoms with E-state index in [1.165, 1.54) is 11.3 Å². The van der Waals surface area contributed by atoms with Crippen molar-refractivity contribution in [2.24, 2.45) is 0 Å². The lowest BCUT2D eigenvalue weighted by Crippen LogP contribution is -2.51. The van der Waals surface area contributed by atoms with Crippen molar-refractivity contribution in [1.82, 2.24) is 30.5 Å². The summed E-state index contributed by atoms with van der Waals surface area (Å²) in [5.41, 5.74) is 2.23. The smallest absolute Gasteiger partial charge is 0.322 e. The highest BCUT2D eigenvalue weighted by Gasteiger charge is 2.52. The van der Waals surface area contributed by atoms with Crippen LogP contribution in [0, 0.1) is 0 Å². The fourth-order valence-corrected chi connectivity index (χ4v) is 4.79. The van der Waals surface area contributed by atoms with Crippen LogP contribution in [-0.2, 0) is 4.79 Å². The van der Waals surface area contributed by atoms with Crippen LogP contribution in [0.4, 0.5) is 4.79 Å². The zero-order valence-electron chi connectivity index (χ0n) is 16.6. The zero-order chi connectivity index (χ0) is 21.4. The van der Waals surface area contributed by atoms with E-state index >= 15 is 0 Å². The fourth-order valence-electron chi connectivity index (χ4n) is 4.09. The van der Waals surface area contributed by atoms with Crippen molar-refractivity contribution in [3.05, 3.63) is 53.7 Å². The molecule has 4 amide bonds. The molecule has 0 bridgehead atoms. The number of hydrazine groups is 1. The van der Waals surface area contributed by atoms with E-state index in [0.717, 1.165) is 34.8 Å². The number of rotatable bonds is 4. The van der Waals surface area contributed by atoms with Crippen molar-refractivity contribution in [3.8, 4) is 16.4 Å². The first-order valence-corrected chi connectivity index (χ1v) is 11.0. The number of para-hydroxylation sites is 1. The Morgan fingerprint density at radius 1 is 1.06 bits per heavy atom. The minimum atomic E-state index is -0.915. The summed E-state index contributed by atoms with van der Waals surface area (Å²) in [5, 5.41) is 9.81. The van der Waals surface area contributed by atoms with Crippen LogP contribution in [0.1, 0.15) is 42.7 Å². The first kappa shape index (κ1) is 19.4. The number of amides is 4. The van der Waals surface area contributed by atoms with Gasteiger partial charge in [-0.15, -0.1) is 16.4 Å². The minimum Gasteiger partial charge on any atom is -0.322 e. The normalized spacial score (nSPS) is 17.7. The second kappa shape index (κ2) is 7.62. The van der Waals surface area contributed by atoms with Crippen LogP contribution < -0.4 is 10.7 Å². The van der Waals surface area contributed by atoms with Gasteiger partial charge < -0.3 is 5.32 Å². The van der Waals surface area contributed by atoms with Crippen LogP contribution in [0.5, 0.6) is 0 Å². The van der Waals surface area contributed by atoms with Crippen LogP contribution in [-0.4, -0.2) is 43.2 Å². The molecule has 2 fully saturated rings. The predicted molar refractivity (Wildman–Crippen MR) is 113 cm³/mol. The van der Waals surface area contributed by atoms with Crippen molar-refractivity contribution in [2.75, 3.05) is 0 Å². The maximum Gasteiger partial charge on any atom is 0.344 e. The van der Waals surface area contributed by atoms with Crippen molar-refractivity contribution in [3.63, 3.8) is 0 Å². The number of nitrogens with zero attached hydrogens (tertiary/aromatic N) is 4. The zero-order valence-corrected chi connectivity index (χ0v) is 17.4. The molecule has 9 nitrogen and oxygen atoms in total. The van der Waals surface area contributed by atoms with Crippen LogP contribution in [0.25, 0.3) is 16.4 Å². The van der Waals surface area contributed by atoms with E-state index in [-0.39, 0.29) is 5.82 Å². The van der Waals surface area contributed by atoms with Gasteiger partial charge in [-0.2, -0.15) is 5.01 Å². The van der Waals surface area contributed by atoms with Gasteiger partial charge in [0.1, 0.15) is 5.54 Å². The Labute approximate surface area is 182 Å². The molecule has 2 aromatic heterocycles. The lowest BCUT2D eigenvalue weighted by atomic mass is 9.82. The molecule has 3 heterocycles. The average Bonchev–Trinajstić information content (AvgIpc) is 3.51. The molecular formula is C21H20N6O3S. The molecular weight excluding hydrogens is 416 g/mol. The molecule has 0 unspecified atom stereocenters. The standard InChI is InChI=1S/C21H20N6O3S/c28-18(25-27-19(29)21(23-20(27)30)11-5-2-6-12-21)16-22-17(15-10-7-13-31-15)26(24-16)14-8-3-1-4-9-14/h1,3-4,7-10,13H,2,5-6,11-12H2,(H,23,30)(H,25,28). The van der Waals surface area contributed by atoms with Gasteiger partial charge in [0.05, 0.1) is 10.6 Å². The van der Waals surface area contributed by atoms with Gasteiger partial charge in [-0.05, 0) is 36.4 Å². The summed E-state index contributed by atoms with van der Waals surface area (Å²) in [5.74, 6) is -0.764. The summed E-state index contributed by atoms with van der Waals surface area (Å²) < 4.78 is 1.58. The number of aromatic nitrogens is 3. The molecule has 2 N–H and O–H groups in total. The summed E-state index contributed by atoms with van der Waals surface area (Å²) in [6, 6.07) is 12.5. The monoisotopic (exact) mass is 436 g/mol. The van der Waals surface area contributed by atoms with Crippen LogP contribution >= 0.6 is 11.3 Å². The van der Waals surface area contributed by atoms with E-state index in [1.807, 2.05) is 47.8 Å². The molecule has 1 aromatic carbocycles. The highest BCUT2D eigenvalue weighted by Crippen LogP contribution is 2.33. The Kier molecular flexibility index (Phi) is 4.78. The summed E-state index contributed by atoms with van der Waals surface area (Å²) in [6.45, 7) is 0. The largest absolute Gasteiger partial charge is 0.344 e. The number of urea groups is 1. The first-order valence-electron chi connectivity index (χ1n) is 10.1. The highest BCUT2D eigenvalue weighted by molar-refractivity contribution is 7.13. The molecule has 2 aliphatic rings. The van der Waals surface area contributed by atoms with Crippen molar-refractivity contribution in [1.29, 1.82) is 0 Å². The van der Waals surface area contributed by atoms with E-state index < -0.39 is 23.4 Å². The van der Waals surface area contributed by atoms with Gasteiger partial charge in [0.15, 0.2) is 5.82 Å². The van der Waals surface area contributed by atoms with E-state index in [2.05, 4.69) is 20.8 Å². The number of hydrogen-bond donors (Lipinski definition) is 2. The second-order valence-corrected chi connectivity index (χ2v) is 8.59. The summed E-state index contributed by atoms with van der Waals surface area (Å²) in [4.78, 5) is 43.5. The van der Waals surface area contributed by atoms with Gasteiger partial charge in [0.2, 0.25) is 5.82 Å². The summed E-state index contributed by atoms with van der Waals surface area (Å²) in [6.07, 6.45) is 3.91. The lowest BCUT2D eigenvalue weighted by Gasteiger charge is -2.30. The minimum absolute atomic E-state index is 0.127. The van der Waals surface area contributed by atoms with Crippen molar-refractivity contribution < 1.29 is 14.4 Å². The molecule has 158 valence electrons. The maximum atomic E-state index is 12.9. The molecule has 0 atom stereocenters. The lowest BCUT2D eigenvalue weighted by molar-refractivity contribution is -0.134. The molecule has 3 aromatic rings. The Bertz CT molecular complexity index is 1140. The van der Waals surface area contributed by atoms with Crippen LogP contribution in [0.3, 0.4) is 0 Å². The summed E-state index contributed by atoms with van der Waals surface area (Å²) >= 11 is 1.47. The number of thiophene rings is 1. The maximum absolute atomic E-state index is 12.9. The van der Waals surface area contributed by atoms with Gasteiger partial charge in [-0.3, -0.25) is 9.59 Å². The Morgan fingerprint density at radius 2 is 1.84 bits per heavy atom. The van der Waals surface area contributed by atoms with E-state index in [1.54, 1.807) is 4.68 Å². The van der Waals surface area contributed by atoms with Gasteiger partial charge in [0, 0.05) is 0 Å². The molecule has 1 aliphatic carbocycles. The third-order valence-corrected chi connectivity index (χ3v) is 6.50. The molecule has 1 saturated carbocycles. The number of carbonyl (C=O) groups is 3. The van der Waals surface area contributed by atoms with Crippen LogP contribution in [0.15, 0.2) is 47.8 Å². The third kappa shape index (κ3) is 3.38. The number of hydrogen-bond acceptors (Lipinski definition) is 6. The highest BCUT2D eigenvalue weighted by atomic mass is 32.1. The SMILES string of the molecule is O=C(NN1C(=O)NC2(CCCCC2)C1=O)c1nc(-c2cccs2)n(-c2ccccc2)n1. The average molecular weight is 436 g/mol. The predicted octanol–water partition coefficient (Wildman–Crippen LogP) is 2.90. The van der Waals surface area contributed by atoms with Crippen LogP contribution in [0.2, 0.25) is 0 Å².